The highest BCUT2D eigenvalue weighted by Crippen LogP contribution is 2.36. The molecule has 0 fully saturated rings. The zero-order valence-corrected chi connectivity index (χ0v) is 27.2. The summed E-state index contributed by atoms with van der Waals surface area (Å²) < 4.78 is 18.6. The van der Waals surface area contributed by atoms with Gasteiger partial charge in [-0.05, 0) is 64.2 Å². The second-order valence-corrected chi connectivity index (χ2v) is 10.8. The first-order valence-electron chi connectivity index (χ1n) is 15.3. The van der Waals surface area contributed by atoms with Crippen LogP contribution in [-0.4, -0.2) is 87.5 Å². The van der Waals surface area contributed by atoms with E-state index >= 15 is 0 Å². The zero-order valence-electron chi connectivity index (χ0n) is 27.2. The maximum Gasteiger partial charge on any atom is 0.256 e. The van der Waals surface area contributed by atoms with Crippen LogP contribution < -0.4 is 16.0 Å². The Kier molecular flexibility index (Phi) is 13.3. The van der Waals surface area contributed by atoms with E-state index in [9.17, 15) is 9.59 Å². The van der Waals surface area contributed by atoms with Crippen LogP contribution in [0.2, 0.25) is 0 Å². The average molecular weight is 608 g/mol. The summed E-state index contributed by atoms with van der Waals surface area (Å²) in [6, 6.07) is 5.86. The molecule has 44 heavy (non-hydrogen) atoms. The number of methoxy groups -OCH3 is 1. The van der Waals surface area contributed by atoms with Gasteiger partial charge in [0.1, 0.15) is 6.61 Å². The van der Waals surface area contributed by atoms with E-state index in [0.29, 0.717) is 61.3 Å². The SMILES string of the molecule is C=C(CCOC)NCCOCCOC(=C)n1c(C)c(C(=O)NCCN(CC)CC)c(C)c1/C=C1\C(=O)Nc2ccc(C)cc21. The lowest BCUT2D eigenvalue weighted by Crippen LogP contribution is -2.35. The van der Waals surface area contributed by atoms with Gasteiger partial charge in [0.25, 0.3) is 11.8 Å². The van der Waals surface area contributed by atoms with Gasteiger partial charge in [-0.2, -0.15) is 0 Å². The summed E-state index contributed by atoms with van der Waals surface area (Å²) in [6.07, 6.45) is 2.57. The van der Waals surface area contributed by atoms with Gasteiger partial charge in [0.2, 0.25) is 0 Å². The predicted octanol–water partition coefficient (Wildman–Crippen LogP) is 4.58. The number of ether oxygens (including phenoxy) is 3. The van der Waals surface area contributed by atoms with Crippen molar-refractivity contribution >= 4 is 35.0 Å². The predicted molar refractivity (Wildman–Crippen MR) is 177 cm³/mol. The van der Waals surface area contributed by atoms with E-state index < -0.39 is 0 Å². The molecule has 0 spiro atoms. The highest BCUT2D eigenvalue weighted by molar-refractivity contribution is 6.35. The molecule has 1 aliphatic heterocycles. The Morgan fingerprint density at radius 3 is 2.50 bits per heavy atom. The highest BCUT2D eigenvalue weighted by Gasteiger charge is 2.28. The van der Waals surface area contributed by atoms with Gasteiger partial charge in [-0.25, -0.2) is 0 Å². The lowest BCUT2D eigenvalue weighted by atomic mass is 10.0. The number of amides is 2. The second-order valence-electron chi connectivity index (χ2n) is 10.8. The molecule has 1 aliphatic rings. The van der Waals surface area contributed by atoms with E-state index in [4.69, 9.17) is 14.2 Å². The molecule has 0 saturated carbocycles. The first-order valence-corrected chi connectivity index (χ1v) is 15.3. The Balaban J connectivity index is 1.80. The van der Waals surface area contributed by atoms with Crippen molar-refractivity contribution in [3.8, 4) is 0 Å². The number of nitrogens with zero attached hydrogens (tertiary/aromatic N) is 2. The molecule has 0 unspecified atom stereocenters. The minimum absolute atomic E-state index is 0.173. The average Bonchev–Trinajstić information content (AvgIpc) is 3.44. The molecule has 0 bridgehead atoms. The van der Waals surface area contributed by atoms with Crippen molar-refractivity contribution < 1.29 is 23.8 Å². The fraction of sp³-hybridized carbons (Fsp3) is 0.471. The summed E-state index contributed by atoms with van der Waals surface area (Å²) >= 11 is 0. The molecular weight excluding hydrogens is 558 g/mol. The van der Waals surface area contributed by atoms with E-state index in [1.807, 2.05) is 49.6 Å². The van der Waals surface area contributed by atoms with E-state index in [0.717, 1.165) is 54.1 Å². The molecule has 10 heteroatoms. The standard InChI is InChI=1S/C34H49N5O5/c1-9-38(10-2)16-14-36-34(41)32-25(5)31(22-29-28-21-23(3)11-12-30(28)37-33(29)40)39(26(32)6)27(7)44-20-19-43-18-15-35-24(4)13-17-42-8/h11-12,21-22,35H,4,7,9-10,13-20H2,1-3,5-6,8H3,(H,36,41)(H,37,40)/b29-22-. The molecular formula is C34H49N5O5. The van der Waals surface area contributed by atoms with Crippen LogP contribution in [0.4, 0.5) is 5.69 Å². The van der Waals surface area contributed by atoms with Crippen LogP contribution in [0.25, 0.3) is 17.5 Å². The maximum atomic E-state index is 13.5. The van der Waals surface area contributed by atoms with Gasteiger partial charge in [-0.3, -0.25) is 14.2 Å². The molecule has 3 N–H and O–H groups in total. The Labute approximate surface area is 262 Å². The topological polar surface area (TPSA) is 106 Å². The number of aromatic nitrogens is 1. The number of aryl methyl sites for hydroxylation is 1. The van der Waals surface area contributed by atoms with Crippen LogP contribution in [0.1, 0.15) is 58.7 Å². The molecule has 0 saturated heterocycles. The molecule has 0 aliphatic carbocycles. The van der Waals surface area contributed by atoms with E-state index in [1.165, 1.54) is 0 Å². The molecule has 0 atom stereocenters. The summed E-state index contributed by atoms with van der Waals surface area (Å²) in [5.41, 5.74) is 6.69. The third-order valence-corrected chi connectivity index (χ3v) is 7.75. The lowest BCUT2D eigenvalue weighted by Gasteiger charge is -2.18. The summed E-state index contributed by atoms with van der Waals surface area (Å²) in [5, 5.41) is 9.23. The largest absolute Gasteiger partial charge is 0.477 e. The Morgan fingerprint density at radius 2 is 1.80 bits per heavy atom. The Bertz CT molecular complexity index is 1370. The number of likely N-dealkylation sites (N-methyl/N-ethyl adjacent to an activating group) is 1. The molecule has 2 amide bonds. The Hall–Kier alpha value is -3.86. The molecule has 240 valence electrons. The highest BCUT2D eigenvalue weighted by atomic mass is 16.5. The van der Waals surface area contributed by atoms with Gasteiger partial charge in [0, 0.05) is 55.8 Å². The van der Waals surface area contributed by atoms with Crippen molar-refractivity contribution in [3.05, 3.63) is 70.7 Å². The summed E-state index contributed by atoms with van der Waals surface area (Å²) in [6.45, 7) is 23.6. The number of hydrogen-bond donors (Lipinski definition) is 3. The fourth-order valence-corrected chi connectivity index (χ4v) is 5.22. The van der Waals surface area contributed by atoms with Crippen LogP contribution >= 0.6 is 0 Å². The van der Waals surface area contributed by atoms with Crippen LogP contribution in [0.5, 0.6) is 0 Å². The molecule has 2 aromatic rings. The van der Waals surface area contributed by atoms with Crippen LogP contribution in [0.15, 0.2) is 37.1 Å². The van der Waals surface area contributed by atoms with E-state index in [1.54, 1.807) is 7.11 Å². The van der Waals surface area contributed by atoms with E-state index in [-0.39, 0.29) is 18.4 Å². The van der Waals surface area contributed by atoms with Crippen molar-refractivity contribution in [1.29, 1.82) is 0 Å². The first-order chi connectivity index (χ1) is 21.1. The molecule has 2 heterocycles. The lowest BCUT2D eigenvalue weighted by molar-refractivity contribution is -0.110. The number of carbonyl (C=O) groups is 2. The van der Waals surface area contributed by atoms with Gasteiger partial charge in [0.15, 0.2) is 5.88 Å². The maximum absolute atomic E-state index is 13.5. The number of benzene rings is 1. The van der Waals surface area contributed by atoms with Gasteiger partial charge in [0.05, 0.1) is 36.7 Å². The third-order valence-electron chi connectivity index (χ3n) is 7.75. The number of carbonyl (C=O) groups excluding carboxylic acids is 2. The molecule has 3 rings (SSSR count). The van der Waals surface area contributed by atoms with Crippen LogP contribution in [-0.2, 0) is 19.0 Å². The van der Waals surface area contributed by atoms with Crippen LogP contribution in [0.3, 0.4) is 0 Å². The third kappa shape index (κ3) is 8.84. The van der Waals surface area contributed by atoms with Crippen molar-refractivity contribution in [2.45, 2.75) is 41.0 Å². The molecule has 0 radical (unpaired) electrons. The number of hydrogen-bond acceptors (Lipinski definition) is 7. The monoisotopic (exact) mass is 607 g/mol. The van der Waals surface area contributed by atoms with Gasteiger partial charge < -0.3 is 35.1 Å². The summed E-state index contributed by atoms with van der Waals surface area (Å²) in [5.74, 6) is -0.0235. The van der Waals surface area contributed by atoms with Crippen molar-refractivity contribution in [1.82, 2.24) is 20.1 Å². The smallest absolute Gasteiger partial charge is 0.256 e. The van der Waals surface area contributed by atoms with Crippen LogP contribution in [0, 0.1) is 20.8 Å². The number of fused-ring (bicyclic) bond motifs is 1. The van der Waals surface area contributed by atoms with Gasteiger partial charge in [-0.1, -0.05) is 32.1 Å². The van der Waals surface area contributed by atoms with Gasteiger partial charge >= 0.3 is 0 Å². The quantitative estimate of drug-likeness (QED) is 0.122. The first kappa shape index (κ1) is 34.6. The second kappa shape index (κ2) is 16.8. The number of rotatable bonds is 19. The van der Waals surface area contributed by atoms with Crippen molar-refractivity contribution in [2.75, 3.05) is 71.6 Å². The Morgan fingerprint density at radius 1 is 1.05 bits per heavy atom. The molecule has 1 aromatic carbocycles. The normalized spacial score (nSPS) is 13.2. The zero-order chi connectivity index (χ0) is 32.2. The minimum atomic E-state index is -0.195. The summed E-state index contributed by atoms with van der Waals surface area (Å²) in [4.78, 5) is 28.8. The molecule has 1 aromatic heterocycles. The van der Waals surface area contributed by atoms with E-state index in [2.05, 4.69) is 47.9 Å². The summed E-state index contributed by atoms with van der Waals surface area (Å²) in [7, 11) is 1.66. The van der Waals surface area contributed by atoms with Gasteiger partial charge in [-0.15, -0.1) is 0 Å². The van der Waals surface area contributed by atoms with Crippen molar-refractivity contribution in [2.24, 2.45) is 0 Å². The number of anilines is 1. The fourth-order valence-electron chi connectivity index (χ4n) is 5.22. The molecule has 10 nitrogen and oxygen atoms in total. The van der Waals surface area contributed by atoms with Crippen molar-refractivity contribution in [3.63, 3.8) is 0 Å². The minimum Gasteiger partial charge on any atom is -0.477 e. The number of nitrogens with one attached hydrogen (secondary N) is 3.